The van der Waals surface area contributed by atoms with Crippen LogP contribution in [-0.2, 0) is 6.54 Å². The first-order valence-corrected chi connectivity index (χ1v) is 13.3. The molecule has 1 aliphatic heterocycles. The van der Waals surface area contributed by atoms with Crippen LogP contribution in [-0.4, -0.2) is 51.2 Å². The predicted molar refractivity (Wildman–Crippen MR) is 145 cm³/mol. The smallest absolute Gasteiger partial charge is 0.261 e. The molecule has 2 fully saturated rings. The number of hydrogen-bond donors (Lipinski definition) is 0. The van der Waals surface area contributed by atoms with E-state index in [1.165, 1.54) is 29.0 Å². The van der Waals surface area contributed by atoms with E-state index in [-0.39, 0.29) is 29.2 Å². The van der Waals surface area contributed by atoms with Crippen molar-refractivity contribution in [2.45, 2.75) is 44.7 Å². The summed E-state index contributed by atoms with van der Waals surface area (Å²) in [5.74, 6) is 0.856. The lowest BCUT2D eigenvalue weighted by molar-refractivity contribution is 0.0760. The van der Waals surface area contributed by atoms with E-state index in [9.17, 15) is 14.0 Å². The minimum Gasteiger partial charge on any atom is -0.342 e. The molecule has 2 aromatic carbocycles. The summed E-state index contributed by atoms with van der Waals surface area (Å²) in [6.45, 7) is 2.14. The van der Waals surface area contributed by atoms with E-state index in [0.717, 1.165) is 67.7 Å². The van der Waals surface area contributed by atoms with Gasteiger partial charge in [0.15, 0.2) is 0 Å². The third-order valence-corrected chi connectivity index (χ3v) is 8.00. The second-order valence-electron chi connectivity index (χ2n) is 10.3. The van der Waals surface area contributed by atoms with Crippen molar-refractivity contribution in [1.82, 2.24) is 19.1 Å². The van der Waals surface area contributed by atoms with Crippen LogP contribution < -0.4 is 15.4 Å². The molecule has 2 aliphatic rings. The van der Waals surface area contributed by atoms with Gasteiger partial charge in [-0.05, 0) is 55.5 Å². The third-order valence-electron chi connectivity index (χ3n) is 8.00. The number of halogens is 1. The maximum atomic E-state index is 13.5. The average molecular weight is 515 g/mol. The molecule has 1 saturated carbocycles. The summed E-state index contributed by atoms with van der Waals surface area (Å²) in [5, 5.41) is 0. The summed E-state index contributed by atoms with van der Waals surface area (Å²) >= 11 is 0. The van der Waals surface area contributed by atoms with Crippen molar-refractivity contribution in [2.75, 3.05) is 29.9 Å². The molecule has 1 saturated heterocycles. The zero-order valence-electron chi connectivity index (χ0n) is 21.5. The molecule has 0 radical (unpaired) electrons. The first-order chi connectivity index (χ1) is 18.5. The molecular weight excluding hydrogens is 483 g/mol. The third kappa shape index (κ3) is 4.46. The van der Waals surface area contributed by atoms with Crippen LogP contribution in [0, 0.1) is 11.7 Å². The minimum absolute atomic E-state index is 0.0833. The van der Waals surface area contributed by atoms with Crippen molar-refractivity contribution in [2.24, 2.45) is 5.92 Å². The Labute approximate surface area is 220 Å². The van der Waals surface area contributed by atoms with Crippen LogP contribution >= 0.6 is 0 Å². The van der Waals surface area contributed by atoms with Gasteiger partial charge in [-0.15, -0.1) is 0 Å². The number of nitrogens with zero attached hydrogens (tertiary/aromatic N) is 6. The summed E-state index contributed by atoms with van der Waals surface area (Å²) in [6, 6.07) is 16.2. The Bertz CT molecular complexity index is 1520. The molecule has 4 aromatic rings. The Morgan fingerprint density at radius 3 is 2.47 bits per heavy atom. The maximum Gasteiger partial charge on any atom is 0.261 e. The number of anilines is 2. The number of benzene rings is 2. The Morgan fingerprint density at radius 2 is 1.76 bits per heavy atom. The molecule has 0 unspecified atom stereocenters. The van der Waals surface area contributed by atoms with Gasteiger partial charge in [-0.2, -0.15) is 0 Å². The molecule has 0 amide bonds. The number of carbonyl (C=O) groups excluding carboxylic acids is 1. The number of carbonyl (C=O) groups is 1. The quantitative estimate of drug-likeness (QED) is 0.381. The van der Waals surface area contributed by atoms with Crippen LogP contribution in [0.5, 0.6) is 0 Å². The zero-order valence-corrected chi connectivity index (χ0v) is 21.5. The highest BCUT2D eigenvalue weighted by Gasteiger charge is 2.32. The number of hydrogen-bond acceptors (Lipinski definition) is 6. The number of para-hydroxylation sites is 2. The molecule has 0 bridgehead atoms. The largest absolute Gasteiger partial charge is 0.342 e. The summed E-state index contributed by atoms with van der Waals surface area (Å²) in [5.41, 5.74) is 2.66. The zero-order chi connectivity index (χ0) is 26.2. The molecule has 0 N–H and O–H groups in total. The molecule has 1 aliphatic carbocycles. The topological polar surface area (TPSA) is 76.3 Å². The van der Waals surface area contributed by atoms with Gasteiger partial charge in [0.05, 0.1) is 17.6 Å². The second-order valence-corrected chi connectivity index (χ2v) is 10.3. The van der Waals surface area contributed by atoms with Crippen molar-refractivity contribution in [3.8, 4) is 0 Å². The van der Waals surface area contributed by atoms with E-state index in [4.69, 9.17) is 4.98 Å². The van der Waals surface area contributed by atoms with Crippen molar-refractivity contribution < 1.29 is 9.18 Å². The average Bonchev–Trinajstić information content (AvgIpc) is 3.26. The summed E-state index contributed by atoms with van der Waals surface area (Å²) in [7, 11) is 1.93. The number of rotatable bonds is 6. The van der Waals surface area contributed by atoms with E-state index in [1.807, 2.05) is 42.3 Å². The standard InChI is InChI=1S/C29H31FN6O2/c1-33(28-31-16-13-26(37)36(28)27(38)21-5-4-6-21)23-14-17-34(18-15-23)29-32-24-7-2-3-8-25(24)35(29)19-20-9-11-22(30)12-10-20/h2-3,7-13,16,21,23H,4-6,14-15,17-19H2,1H3. The van der Waals surface area contributed by atoms with E-state index in [1.54, 1.807) is 0 Å². The van der Waals surface area contributed by atoms with Crippen molar-refractivity contribution in [3.63, 3.8) is 0 Å². The predicted octanol–water partition coefficient (Wildman–Crippen LogP) is 4.33. The summed E-state index contributed by atoms with van der Waals surface area (Å²) < 4.78 is 17.0. The fourth-order valence-corrected chi connectivity index (χ4v) is 5.54. The van der Waals surface area contributed by atoms with Gasteiger partial charge >= 0.3 is 0 Å². The van der Waals surface area contributed by atoms with Gasteiger partial charge in [-0.25, -0.2) is 18.9 Å². The van der Waals surface area contributed by atoms with Gasteiger partial charge in [0, 0.05) is 44.4 Å². The fourth-order valence-electron chi connectivity index (χ4n) is 5.54. The van der Waals surface area contributed by atoms with Crippen LogP contribution in [0.15, 0.2) is 65.6 Å². The Hall–Kier alpha value is -4.01. The van der Waals surface area contributed by atoms with Crippen LogP contribution in [0.3, 0.4) is 0 Å². The molecule has 2 aromatic heterocycles. The molecule has 0 atom stereocenters. The van der Waals surface area contributed by atoms with Gasteiger partial charge in [0.25, 0.3) is 5.56 Å². The monoisotopic (exact) mass is 514 g/mol. The maximum absolute atomic E-state index is 13.5. The molecule has 0 spiro atoms. The SMILES string of the molecule is CN(c1nccc(=O)n1C(=O)C1CCC1)C1CCN(c2nc3ccccc3n2Cc2ccc(F)cc2)CC1. The second kappa shape index (κ2) is 10.0. The van der Waals surface area contributed by atoms with Crippen molar-refractivity contribution in [1.29, 1.82) is 0 Å². The lowest BCUT2D eigenvalue weighted by atomic mass is 9.85. The van der Waals surface area contributed by atoms with E-state index in [0.29, 0.717) is 12.5 Å². The highest BCUT2D eigenvalue weighted by molar-refractivity contribution is 5.84. The summed E-state index contributed by atoms with van der Waals surface area (Å²) in [6.07, 6.45) is 5.85. The van der Waals surface area contributed by atoms with Gasteiger partial charge in [0.2, 0.25) is 17.8 Å². The van der Waals surface area contributed by atoms with Crippen molar-refractivity contribution in [3.05, 3.63) is 82.5 Å². The van der Waals surface area contributed by atoms with Crippen LogP contribution in [0.25, 0.3) is 11.0 Å². The summed E-state index contributed by atoms with van der Waals surface area (Å²) in [4.78, 5) is 39.4. The molecule has 6 rings (SSSR count). The van der Waals surface area contributed by atoms with E-state index < -0.39 is 0 Å². The molecule has 3 heterocycles. The van der Waals surface area contributed by atoms with Crippen molar-refractivity contribution >= 4 is 28.8 Å². The lowest BCUT2D eigenvalue weighted by Gasteiger charge is -2.38. The normalized spacial score (nSPS) is 16.5. The first-order valence-electron chi connectivity index (χ1n) is 13.3. The fraction of sp³-hybridized carbons (Fsp3) is 0.379. The van der Waals surface area contributed by atoms with E-state index in [2.05, 4.69) is 20.5 Å². The number of fused-ring (bicyclic) bond motifs is 1. The number of aromatic nitrogens is 4. The van der Waals surface area contributed by atoms with Gasteiger partial charge in [-0.3, -0.25) is 9.59 Å². The highest BCUT2D eigenvalue weighted by atomic mass is 19.1. The molecular formula is C29H31FN6O2. The molecule has 9 heteroatoms. The molecule has 38 heavy (non-hydrogen) atoms. The lowest BCUT2D eigenvalue weighted by Crippen LogP contribution is -2.47. The Balaban J connectivity index is 1.23. The minimum atomic E-state index is -0.314. The van der Waals surface area contributed by atoms with Crippen LogP contribution in [0.4, 0.5) is 16.3 Å². The Kier molecular flexibility index (Phi) is 6.43. The Morgan fingerprint density at radius 1 is 1.03 bits per heavy atom. The number of imidazole rings is 1. The van der Waals surface area contributed by atoms with Gasteiger partial charge in [-0.1, -0.05) is 30.7 Å². The number of piperidine rings is 1. The van der Waals surface area contributed by atoms with Crippen LogP contribution in [0.2, 0.25) is 0 Å². The highest BCUT2D eigenvalue weighted by Crippen LogP contribution is 2.30. The molecule has 8 nitrogen and oxygen atoms in total. The van der Waals surface area contributed by atoms with E-state index >= 15 is 0 Å². The first kappa shape index (κ1) is 24.3. The molecule has 196 valence electrons. The van der Waals surface area contributed by atoms with Gasteiger partial charge < -0.3 is 14.4 Å². The van der Waals surface area contributed by atoms with Crippen LogP contribution in [0.1, 0.15) is 42.5 Å². The van der Waals surface area contributed by atoms with Gasteiger partial charge in [0.1, 0.15) is 5.82 Å².